The summed E-state index contributed by atoms with van der Waals surface area (Å²) in [5.74, 6) is 6.04. The van der Waals surface area contributed by atoms with Crippen LogP contribution in [0.5, 0.6) is 0 Å². The van der Waals surface area contributed by atoms with Gasteiger partial charge in [0.05, 0.1) is 0 Å². The molecule has 0 N–H and O–H groups in total. The van der Waals surface area contributed by atoms with Crippen molar-refractivity contribution in [1.29, 1.82) is 0 Å². The molecule has 0 aromatic heterocycles. The third kappa shape index (κ3) is 2.95. The summed E-state index contributed by atoms with van der Waals surface area (Å²) in [4.78, 5) is 0. The minimum atomic E-state index is -1.31. The Morgan fingerprint density at radius 2 is 1.18 bits per heavy atom. The van der Waals surface area contributed by atoms with Crippen LogP contribution in [0.25, 0.3) is 0 Å². The number of hydrogen-bond acceptors (Lipinski definition) is 0. The largest absolute Gasteiger partial charge is 0.346 e. The summed E-state index contributed by atoms with van der Waals surface area (Å²) >= 11 is 7.39. The van der Waals surface area contributed by atoms with E-state index in [0.717, 1.165) is 0 Å². The first-order valence-electron chi connectivity index (χ1n) is 2.91. The lowest BCUT2D eigenvalue weighted by Crippen LogP contribution is -2.08. The Hall–Kier alpha value is 1.90. The zero-order valence-electron chi connectivity index (χ0n) is 6.01. The molecule has 0 amide bonds. The summed E-state index contributed by atoms with van der Waals surface area (Å²) in [5.41, 5.74) is 0. The van der Waals surface area contributed by atoms with Crippen LogP contribution >= 0.6 is 74.3 Å². The average molecular weight is 504 g/mol. The summed E-state index contributed by atoms with van der Waals surface area (Å²) in [6, 6.07) is 0. The van der Waals surface area contributed by atoms with Gasteiger partial charge in [0.25, 0.3) is 0 Å². The normalized spacial score (nSPS) is 12.3. The van der Waals surface area contributed by atoms with Gasteiger partial charge in [0.15, 0.2) is 0 Å². The van der Waals surface area contributed by atoms with Gasteiger partial charge in [-0.2, -0.15) is 0 Å². The maximum atomic E-state index is 3.85. The molecular formula is C6H9BI3P. The van der Waals surface area contributed by atoms with Gasteiger partial charge < -0.3 is 0 Å². The number of hydrogen-bond donors (Lipinski definition) is 0. The Bertz CT molecular complexity index is 163. The summed E-state index contributed by atoms with van der Waals surface area (Å²) in [6.45, 7) is 11.5. The summed E-state index contributed by atoms with van der Waals surface area (Å²) in [7, 11) is -1.31. The van der Waals surface area contributed by atoms with Crippen molar-refractivity contribution in [2.75, 3.05) is 0 Å². The van der Waals surface area contributed by atoms with Crippen LogP contribution in [0.4, 0.5) is 0 Å². The van der Waals surface area contributed by atoms with Gasteiger partial charge in [0.2, 0.25) is 0 Å². The van der Waals surface area contributed by atoms with E-state index in [-0.39, 0.29) is 0 Å². The lowest BCUT2D eigenvalue weighted by Gasteiger charge is -2.31. The van der Waals surface area contributed by atoms with Crippen molar-refractivity contribution in [3.05, 3.63) is 37.2 Å². The third-order valence-corrected chi connectivity index (χ3v) is 13.1. The molecule has 0 rings (SSSR count). The fourth-order valence-corrected chi connectivity index (χ4v) is 7.89. The molecule has 0 bridgehead atoms. The second kappa shape index (κ2) is 4.95. The van der Waals surface area contributed by atoms with Crippen molar-refractivity contribution in [2.45, 2.75) is 0 Å². The van der Waals surface area contributed by atoms with E-state index in [4.69, 9.17) is 0 Å². The van der Waals surface area contributed by atoms with Crippen molar-refractivity contribution in [2.24, 2.45) is 0 Å². The molecular weight excluding hydrogens is 495 g/mol. The van der Waals surface area contributed by atoms with Crippen molar-refractivity contribution in [1.82, 2.24) is 0 Å². The highest BCUT2D eigenvalue weighted by molar-refractivity contribution is 14.4. The van der Waals surface area contributed by atoms with Crippen molar-refractivity contribution < 1.29 is 0 Å². The monoisotopic (exact) mass is 504 g/mol. The van der Waals surface area contributed by atoms with E-state index in [1.165, 1.54) is 0 Å². The highest BCUT2D eigenvalue weighted by atomic mass is 127. The van der Waals surface area contributed by atoms with Crippen LogP contribution < -0.4 is 0 Å². The van der Waals surface area contributed by atoms with E-state index in [1.54, 1.807) is 0 Å². The van der Waals surface area contributed by atoms with Crippen LogP contribution in [0.2, 0.25) is 0 Å². The van der Waals surface area contributed by atoms with E-state index in [2.05, 4.69) is 86.9 Å². The van der Waals surface area contributed by atoms with Gasteiger partial charge in [-0.25, -0.2) is 0 Å². The lowest BCUT2D eigenvalue weighted by atomic mass is 10.7. The number of halogens is 3. The van der Waals surface area contributed by atoms with Crippen LogP contribution in [0.15, 0.2) is 37.2 Å². The van der Waals surface area contributed by atoms with Crippen LogP contribution in [-0.4, -0.2) is -0.565 Å². The molecule has 0 unspecified atom stereocenters. The van der Waals surface area contributed by atoms with Crippen LogP contribution in [0, 0.1) is 0 Å². The van der Waals surface area contributed by atoms with Gasteiger partial charge in [-0.15, -0.1) is 0 Å². The Morgan fingerprint density at radius 3 is 1.18 bits per heavy atom. The van der Waals surface area contributed by atoms with Crippen LogP contribution in [0.3, 0.4) is 0 Å². The lowest BCUT2D eigenvalue weighted by molar-refractivity contribution is 2.37. The average Bonchev–Trinajstić information content (AvgIpc) is 1.90. The molecule has 0 spiro atoms. The third-order valence-electron chi connectivity index (χ3n) is 1.46. The maximum Gasteiger partial charge on any atom is 0.346 e. The summed E-state index contributed by atoms with van der Waals surface area (Å²) in [5, 5.41) is 0. The van der Waals surface area contributed by atoms with Gasteiger partial charge in [0.1, 0.15) is 0 Å². The predicted molar refractivity (Wildman–Crippen MR) is 85.3 cm³/mol. The summed E-state index contributed by atoms with van der Waals surface area (Å²) < 4.78 is -0.500. The molecule has 0 aliphatic rings. The number of rotatable bonds is 4. The molecule has 0 aromatic rings. The molecule has 5 heteroatoms. The fourth-order valence-electron chi connectivity index (χ4n) is 0.582. The molecule has 0 atom stereocenters. The standard InChI is InChI=1S/C6H9BI3P/c1-4-11(5-2,6-3)7(8,9)10/h4-6H,1-3H2. The molecule has 62 valence electrons. The van der Waals surface area contributed by atoms with E-state index in [0.29, 0.717) is 0 Å². The van der Waals surface area contributed by atoms with Gasteiger partial charge in [-0.3, -0.25) is 67.1 Å². The summed E-state index contributed by atoms with van der Waals surface area (Å²) in [6.07, 6.45) is 0. The van der Waals surface area contributed by atoms with E-state index < -0.39 is 6.58 Å². The molecule has 0 fully saturated rings. The molecule has 11 heavy (non-hydrogen) atoms. The highest BCUT2D eigenvalue weighted by Gasteiger charge is 2.41. The first-order valence-corrected chi connectivity index (χ1v) is 8.71. The van der Waals surface area contributed by atoms with Crippen molar-refractivity contribution in [3.63, 3.8) is 0 Å². The molecule has 0 aliphatic heterocycles. The van der Waals surface area contributed by atoms with Gasteiger partial charge >= 0.3 is -0.565 Å². The Kier molecular flexibility index (Phi) is 5.81. The topological polar surface area (TPSA) is 0 Å². The smallest absolute Gasteiger partial charge is 0.267 e. The second-order valence-electron chi connectivity index (χ2n) is 1.98. The molecule has 0 saturated carbocycles. The van der Waals surface area contributed by atoms with E-state index in [1.807, 2.05) is 17.5 Å². The Morgan fingerprint density at radius 1 is 0.909 bits per heavy atom. The SMILES string of the molecule is C=C[P+](C=C)(C=C)[B-](I)(I)I. The highest BCUT2D eigenvalue weighted by Crippen LogP contribution is 2.76. The molecule has 0 nitrogen and oxygen atoms in total. The van der Waals surface area contributed by atoms with Crippen LogP contribution in [-0.2, 0) is 0 Å². The van der Waals surface area contributed by atoms with Gasteiger partial charge in [-0.05, 0) is 7.14 Å². The minimum absolute atomic E-state index is 0.500. The van der Waals surface area contributed by atoms with E-state index >= 15 is 0 Å². The molecule has 0 radical (unpaired) electrons. The first kappa shape index (κ1) is 12.9. The van der Waals surface area contributed by atoms with Crippen LogP contribution in [0.1, 0.15) is 0 Å². The molecule has 0 saturated heterocycles. The van der Waals surface area contributed by atoms with E-state index in [9.17, 15) is 0 Å². The predicted octanol–water partition coefficient (Wildman–Crippen LogP) is 5.18. The molecule has 0 aromatic carbocycles. The molecule has 0 heterocycles. The van der Waals surface area contributed by atoms with Gasteiger partial charge in [-0.1, -0.05) is 19.7 Å². The zero-order valence-corrected chi connectivity index (χ0v) is 13.4. The fraction of sp³-hybridized carbons (Fsp3) is 0. The van der Waals surface area contributed by atoms with Crippen molar-refractivity contribution >= 4 is 73.7 Å². The second-order valence-corrected chi connectivity index (χ2v) is 21.4. The minimum Gasteiger partial charge on any atom is -0.267 e. The zero-order chi connectivity index (χ0) is 9.12. The first-order chi connectivity index (χ1) is 4.93. The van der Waals surface area contributed by atoms with Gasteiger partial charge in [0, 0.05) is 17.5 Å². The van der Waals surface area contributed by atoms with Crippen molar-refractivity contribution in [3.8, 4) is 0 Å². The quantitative estimate of drug-likeness (QED) is 0.282. The Labute approximate surface area is 109 Å². The molecule has 0 aliphatic carbocycles. The maximum absolute atomic E-state index is 3.85. The Balaban J connectivity index is 4.99.